The van der Waals surface area contributed by atoms with Crippen molar-refractivity contribution in [3.63, 3.8) is 0 Å². The summed E-state index contributed by atoms with van der Waals surface area (Å²) in [5.74, 6) is -0.506. The van der Waals surface area contributed by atoms with Crippen LogP contribution < -0.4 is 10.9 Å². The number of pyridine rings is 1. The van der Waals surface area contributed by atoms with E-state index in [1.165, 1.54) is 4.57 Å². The van der Waals surface area contributed by atoms with Gasteiger partial charge in [-0.05, 0) is 29.8 Å². The van der Waals surface area contributed by atoms with Crippen LogP contribution in [0.25, 0.3) is 22.0 Å². The molecule has 4 aromatic carbocycles. The zero-order valence-corrected chi connectivity index (χ0v) is 18.9. The van der Waals surface area contributed by atoms with E-state index in [0.29, 0.717) is 44.4 Å². The van der Waals surface area contributed by atoms with Crippen molar-refractivity contribution in [2.24, 2.45) is 7.05 Å². The highest BCUT2D eigenvalue weighted by Crippen LogP contribution is 2.43. The Labute approximate surface area is 201 Å². The Morgan fingerprint density at radius 2 is 1.34 bits per heavy atom. The summed E-state index contributed by atoms with van der Waals surface area (Å²) in [4.78, 5) is 41.2. The normalized spacial score (nSPS) is 11.9. The molecule has 0 fully saturated rings. The molecule has 1 N–H and O–H groups in total. The Balaban J connectivity index is 1.75. The molecule has 5 aromatic rings. The molecule has 5 heteroatoms. The predicted molar refractivity (Wildman–Crippen MR) is 138 cm³/mol. The van der Waals surface area contributed by atoms with Crippen LogP contribution in [0.5, 0.6) is 0 Å². The molecule has 1 heterocycles. The maximum absolute atomic E-state index is 13.8. The maximum atomic E-state index is 13.8. The molecule has 6 rings (SSSR count). The van der Waals surface area contributed by atoms with Crippen LogP contribution in [0.15, 0.2) is 102 Å². The second kappa shape index (κ2) is 7.92. The van der Waals surface area contributed by atoms with Gasteiger partial charge in [0.1, 0.15) is 0 Å². The summed E-state index contributed by atoms with van der Waals surface area (Å²) in [6, 6.07) is 29.2. The second-order valence-corrected chi connectivity index (χ2v) is 8.56. The number of carbonyl (C=O) groups excluding carboxylic acids is 2. The average Bonchev–Trinajstić information content (AvgIpc) is 2.90. The number of anilines is 2. The number of rotatable bonds is 4. The Morgan fingerprint density at radius 1 is 0.714 bits per heavy atom. The van der Waals surface area contributed by atoms with Gasteiger partial charge in [0, 0.05) is 34.8 Å². The summed E-state index contributed by atoms with van der Waals surface area (Å²) >= 11 is 0. The third-order valence-electron chi connectivity index (χ3n) is 6.55. The van der Waals surface area contributed by atoms with Crippen molar-refractivity contribution >= 4 is 33.8 Å². The van der Waals surface area contributed by atoms with Gasteiger partial charge in [-0.25, -0.2) is 0 Å². The van der Waals surface area contributed by atoms with Crippen molar-refractivity contribution in [3.8, 4) is 11.1 Å². The van der Waals surface area contributed by atoms with Crippen molar-refractivity contribution in [2.45, 2.75) is 0 Å². The third kappa shape index (κ3) is 3.13. The number of hydrogen-bond acceptors (Lipinski definition) is 4. The van der Waals surface area contributed by atoms with Gasteiger partial charge in [-0.3, -0.25) is 14.4 Å². The van der Waals surface area contributed by atoms with Gasteiger partial charge in [0.15, 0.2) is 11.6 Å². The first-order chi connectivity index (χ1) is 17.1. The Hall–Kier alpha value is -4.77. The quantitative estimate of drug-likeness (QED) is 0.344. The lowest BCUT2D eigenvalue weighted by molar-refractivity contribution is 0.102. The summed E-state index contributed by atoms with van der Waals surface area (Å²) in [7, 11) is 1.64. The molecule has 5 nitrogen and oxygen atoms in total. The highest BCUT2D eigenvalue weighted by atomic mass is 16.1. The highest BCUT2D eigenvalue weighted by molar-refractivity contribution is 6.31. The Kier molecular flexibility index (Phi) is 4.71. The van der Waals surface area contributed by atoms with Crippen LogP contribution in [0, 0.1) is 0 Å². The zero-order valence-electron chi connectivity index (χ0n) is 18.9. The van der Waals surface area contributed by atoms with E-state index in [9.17, 15) is 14.4 Å². The molecular weight excluding hydrogens is 436 g/mol. The first-order valence-electron chi connectivity index (χ1n) is 11.3. The molecule has 1 aliphatic rings. The second-order valence-electron chi connectivity index (χ2n) is 8.56. The number of fused-ring (bicyclic) bond motifs is 2. The van der Waals surface area contributed by atoms with Gasteiger partial charge in [0.2, 0.25) is 0 Å². The van der Waals surface area contributed by atoms with E-state index in [2.05, 4.69) is 5.32 Å². The van der Waals surface area contributed by atoms with Gasteiger partial charge >= 0.3 is 0 Å². The van der Waals surface area contributed by atoms with Crippen LogP contribution in [0.2, 0.25) is 0 Å². The van der Waals surface area contributed by atoms with Crippen LogP contribution in [-0.4, -0.2) is 16.1 Å². The van der Waals surface area contributed by atoms with Gasteiger partial charge < -0.3 is 9.88 Å². The number of ketones is 2. The smallest absolute Gasteiger partial charge is 0.262 e. The van der Waals surface area contributed by atoms with E-state index in [-0.39, 0.29) is 22.7 Å². The van der Waals surface area contributed by atoms with E-state index in [1.54, 1.807) is 43.4 Å². The SMILES string of the molecule is Cn1c(=O)c(C(=O)c2ccccc2)c2c3c(c(Nc4ccccc4)ccc31)C(=O)c1ccccc1-2. The van der Waals surface area contributed by atoms with Gasteiger partial charge in [-0.15, -0.1) is 0 Å². The lowest BCUT2D eigenvalue weighted by atomic mass is 9.80. The van der Waals surface area contributed by atoms with E-state index in [0.717, 1.165) is 5.69 Å². The monoisotopic (exact) mass is 456 g/mol. The number of benzene rings is 4. The van der Waals surface area contributed by atoms with Crippen molar-refractivity contribution in [2.75, 3.05) is 5.32 Å². The molecule has 0 saturated carbocycles. The number of nitrogens with zero attached hydrogens (tertiary/aromatic N) is 1. The van der Waals surface area contributed by atoms with Crippen molar-refractivity contribution in [1.82, 2.24) is 4.57 Å². The average molecular weight is 457 g/mol. The van der Waals surface area contributed by atoms with Crippen molar-refractivity contribution in [3.05, 3.63) is 130 Å². The maximum Gasteiger partial charge on any atom is 0.262 e. The van der Waals surface area contributed by atoms with Crippen LogP contribution >= 0.6 is 0 Å². The third-order valence-corrected chi connectivity index (χ3v) is 6.55. The van der Waals surface area contributed by atoms with Gasteiger partial charge in [0.05, 0.1) is 22.3 Å². The van der Waals surface area contributed by atoms with Gasteiger partial charge in [-0.1, -0.05) is 72.8 Å². The predicted octanol–water partition coefficient (Wildman–Crippen LogP) is 5.72. The highest BCUT2D eigenvalue weighted by Gasteiger charge is 2.33. The minimum absolute atomic E-state index is 0.0734. The molecule has 1 aromatic heterocycles. The number of para-hydroxylation sites is 1. The number of hydrogen-bond donors (Lipinski definition) is 1. The van der Waals surface area contributed by atoms with E-state index >= 15 is 0 Å². The largest absolute Gasteiger partial charge is 0.355 e. The number of aromatic nitrogens is 1. The molecule has 0 atom stereocenters. The molecule has 0 saturated heterocycles. The number of nitrogens with one attached hydrogen (secondary N) is 1. The van der Waals surface area contributed by atoms with E-state index < -0.39 is 0 Å². The fraction of sp³-hybridized carbons (Fsp3) is 0.0333. The summed E-state index contributed by atoms with van der Waals surface area (Å²) in [5, 5.41) is 3.97. The van der Waals surface area contributed by atoms with Crippen LogP contribution in [-0.2, 0) is 7.05 Å². The molecule has 0 amide bonds. The van der Waals surface area contributed by atoms with Crippen LogP contribution in [0.3, 0.4) is 0 Å². The molecule has 168 valence electrons. The van der Waals surface area contributed by atoms with Crippen LogP contribution in [0.1, 0.15) is 31.8 Å². The Morgan fingerprint density at radius 3 is 2.06 bits per heavy atom. The summed E-state index contributed by atoms with van der Waals surface area (Å²) in [6.45, 7) is 0. The molecule has 0 unspecified atom stereocenters. The van der Waals surface area contributed by atoms with E-state index in [4.69, 9.17) is 0 Å². The van der Waals surface area contributed by atoms with Gasteiger partial charge in [0.25, 0.3) is 5.56 Å². The zero-order chi connectivity index (χ0) is 24.1. The minimum atomic E-state index is -0.389. The first-order valence-corrected chi connectivity index (χ1v) is 11.3. The lowest BCUT2D eigenvalue weighted by Gasteiger charge is -2.25. The molecule has 0 radical (unpaired) electrons. The molecule has 0 spiro atoms. The standard InChI is InChI=1S/C30H20N2O3/c1-32-23-17-16-22(31-19-12-6-3-7-13-19)25-26(23)24(20-14-8-9-15-21(20)29(25)34)27(30(32)35)28(33)18-10-4-2-5-11-18/h2-17,31H,1H3. The Bertz CT molecular complexity index is 1720. The van der Waals surface area contributed by atoms with Gasteiger partial charge in [-0.2, -0.15) is 0 Å². The molecule has 0 bridgehead atoms. The molecule has 0 aliphatic heterocycles. The molecule has 1 aliphatic carbocycles. The fourth-order valence-corrected chi connectivity index (χ4v) is 4.90. The first kappa shape index (κ1) is 20.8. The van der Waals surface area contributed by atoms with Crippen molar-refractivity contribution in [1.29, 1.82) is 0 Å². The van der Waals surface area contributed by atoms with Crippen LogP contribution in [0.4, 0.5) is 11.4 Å². The molecule has 35 heavy (non-hydrogen) atoms. The lowest BCUT2D eigenvalue weighted by Crippen LogP contribution is -2.29. The minimum Gasteiger partial charge on any atom is -0.355 e. The fourth-order valence-electron chi connectivity index (χ4n) is 4.90. The summed E-state index contributed by atoms with van der Waals surface area (Å²) in [5.41, 5.74) is 4.22. The summed E-state index contributed by atoms with van der Waals surface area (Å²) < 4.78 is 1.46. The number of carbonyl (C=O) groups is 2. The number of aryl methyl sites for hydroxylation is 1. The van der Waals surface area contributed by atoms with E-state index in [1.807, 2.05) is 60.7 Å². The topological polar surface area (TPSA) is 68.2 Å². The van der Waals surface area contributed by atoms with Crippen molar-refractivity contribution < 1.29 is 9.59 Å². The molecular formula is C30H20N2O3. The summed E-state index contributed by atoms with van der Waals surface area (Å²) in [6.07, 6.45) is 0.